The van der Waals surface area contributed by atoms with Crippen molar-refractivity contribution in [2.45, 2.75) is 58.2 Å². The zero-order chi connectivity index (χ0) is 15.6. The van der Waals surface area contributed by atoms with E-state index in [1.807, 2.05) is 12.2 Å². The van der Waals surface area contributed by atoms with Crippen molar-refractivity contribution < 1.29 is 15.4 Å². The summed E-state index contributed by atoms with van der Waals surface area (Å²) in [5, 5.41) is 8.45. The van der Waals surface area contributed by atoms with Crippen molar-refractivity contribution in [1.82, 2.24) is 0 Å². The van der Waals surface area contributed by atoms with Gasteiger partial charge in [-0.2, -0.15) is 0 Å². The fraction of sp³-hybridized carbons (Fsp3) is 0.643. The Morgan fingerprint density at radius 1 is 1.31 bits per heavy atom. The number of carbonyl (C=O) groups is 1. The Bertz CT molecular complexity index is 340. The Hall–Kier alpha value is -1.05. The molecular formula is C14H24O2. The first kappa shape index (κ1) is 9.03. The molecule has 16 heavy (non-hydrogen) atoms. The molecule has 0 aromatic heterocycles. The molecule has 0 bridgehead atoms. The molecule has 1 N–H and O–H groups in total. The summed E-state index contributed by atoms with van der Waals surface area (Å²) < 4.78 is 30.6. The van der Waals surface area contributed by atoms with E-state index in [2.05, 4.69) is 0 Å². The van der Waals surface area contributed by atoms with E-state index in [0.29, 0.717) is 19.3 Å². The number of carboxylic acid groups (broad SMARTS) is 1. The molecule has 0 aliphatic heterocycles. The number of unbranched alkanes of at least 4 members (excludes halogenated alkanes) is 1. The zero-order valence-electron chi connectivity index (χ0n) is 13.9. The largest absolute Gasteiger partial charge is 0.481 e. The van der Waals surface area contributed by atoms with Crippen molar-refractivity contribution in [3.63, 3.8) is 0 Å². The predicted octanol–water partition coefficient (Wildman–Crippen LogP) is 4.32. The first-order chi connectivity index (χ1) is 9.31. The first-order valence-corrected chi connectivity index (χ1v) is 5.69. The summed E-state index contributed by atoms with van der Waals surface area (Å²) in [7, 11) is 0. The van der Waals surface area contributed by atoms with Gasteiger partial charge in [0.05, 0.1) is 0 Å². The Morgan fingerprint density at radius 2 is 2.06 bits per heavy atom. The van der Waals surface area contributed by atoms with E-state index in [1.165, 1.54) is 0 Å². The van der Waals surface area contributed by atoms with Crippen LogP contribution in [-0.4, -0.2) is 11.1 Å². The molecule has 0 fully saturated rings. The lowest BCUT2D eigenvalue weighted by Gasteiger charge is -1.91. The lowest BCUT2D eigenvalue weighted by Crippen LogP contribution is -1.92. The van der Waals surface area contributed by atoms with Crippen LogP contribution in [0.1, 0.15) is 63.7 Å². The minimum absolute atomic E-state index is 0.168. The van der Waals surface area contributed by atoms with E-state index in [0.717, 1.165) is 0 Å². The number of rotatable bonds is 10. The summed E-state index contributed by atoms with van der Waals surface area (Å²) in [4.78, 5) is 10.3. The highest BCUT2D eigenvalue weighted by Crippen LogP contribution is 2.01. The lowest BCUT2D eigenvalue weighted by molar-refractivity contribution is -0.137. The number of hydrogen-bond donors (Lipinski definition) is 1. The Morgan fingerprint density at radius 3 is 2.75 bits per heavy atom. The summed E-state index contributed by atoms with van der Waals surface area (Å²) >= 11 is 0. The van der Waals surface area contributed by atoms with Gasteiger partial charge in [0.1, 0.15) is 0 Å². The summed E-state index contributed by atoms with van der Waals surface area (Å²) in [5.41, 5.74) is 0. The van der Waals surface area contributed by atoms with Crippen LogP contribution in [0, 0.1) is 0 Å². The summed E-state index contributed by atoms with van der Waals surface area (Å²) in [6.45, 7) is 1.68. The second kappa shape index (κ2) is 12.0. The molecule has 0 aromatic carbocycles. The molecule has 0 aromatic rings. The number of aliphatic carboxylic acids is 1. The van der Waals surface area contributed by atoms with E-state index >= 15 is 0 Å². The van der Waals surface area contributed by atoms with Gasteiger partial charge in [-0.15, -0.1) is 0 Å². The van der Waals surface area contributed by atoms with E-state index in [9.17, 15) is 4.79 Å². The van der Waals surface area contributed by atoms with Crippen LogP contribution >= 0.6 is 0 Å². The van der Waals surface area contributed by atoms with Crippen LogP contribution in [0.25, 0.3) is 0 Å². The molecule has 0 saturated heterocycles. The molecule has 0 aliphatic rings. The normalized spacial score (nSPS) is 20.1. The van der Waals surface area contributed by atoms with Crippen LogP contribution in [0.3, 0.4) is 0 Å². The highest BCUT2D eigenvalue weighted by atomic mass is 16.4. The van der Waals surface area contributed by atoms with Crippen molar-refractivity contribution in [3.8, 4) is 0 Å². The quantitative estimate of drug-likeness (QED) is 0.446. The van der Waals surface area contributed by atoms with Crippen molar-refractivity contribution in [3.05, 3.63) is 24.3 Å². The molecule has 0 heterocycles. The molecule has 2 unspecified atom stereocenters. The van der Waals surface area contributed by atoms with Crippen LogP contribution in [0.4, 0.5) is 0 Å². The van der Waals surface area contributed by atoms with Crippen molar-refractivity contribution in [2.75, 3.05) is 0 Å². The molecule has 0 radical (unpaired) electrons. The van der Waals surface area contributed by atoms with Crippen molar-refractivity contribution in [2.24, 2.45) is 0 Å². The fourth-order valence-electron chi connectivity index (χ4n) is 1.06. The maximum atomic E-state index is 10.3. The molecule has 0 amide bonds. The van der Waals surface area contributed by atoms with Gasteiger partial charge in [-0.3, -0.25) is 4.79 Å². The molecular weight excluding hydrogens is 200 g/mol. The van der Waals surface area contributed by atoms with Crippen LogP contribution < -0.4 is 0 Å². The number of carboxylic acids is 1. The highest BCUT2D eigenvalue weighted by Gasteiger charge is 1.92. The first-order valence-electron chi connectivity index (χ1n) is 7.84. The predicted molar refractivity (Wildman–Crippen MR) is 68.5 cm³/mol. The van der Waals surface area contributed by atoms with Gasteiger partial charge in [0, 0.05) is 11.9 Å². The van der Waals surface area contributed by atoms with Crippen LogP contribution in [0.15, 0.2) is 24.3 Å². The summed E-state index contributed by atoms with van der Waals surface area (Å²) in [6.07, 6.45) is 5.84. The average molecular weight is 228 g/mol. The van der Waals surface area contributed by atoms with Crippen LogP contribution in [0.5, 0.6) is 0 Å². The van der Waals surface area contributed by atoms with Crippen molar-refractivity contribution in [1.29, 1.82) is 0 Å². The monoisotopic (exact) mass is 228 g/mol. The zero-order valence-corrected chi connectivity index (χ0v) is 9.86. The van der Waals surface area contributed by atoms with Gasteiger partial charge in [0.25, 0.3) is 0 Å². The molecule has 2 atom stereocenters. The Kier molecular flexibility index (Phi) is 6.78. The van der Waals surface area contributed by atoms with E-state index in [-0.39, 0.29) is 12.8 Å². The van der Waals surface area contributed by atoms with Gasteiger partial charge in [0.15, 0.2) is 0 Å². The van der Waals surface area contributed by atoms with Gasteiger partial charge < -0.3 is 5.11 Å². The van der Waals surface area contributed by atoms with Gasteiger partial charge >= 0.3 is 5.97 Å². The maximum Gasteiger partial charge on any atom is 0.303 e. The van der Waals surface area contributed by atoms with Gasteiger partial charge in [-0.05, 0) is 32.1 Å². The SMILES string of the molecule is [2H]C(/C=C\C/C=C\CCCC(=O)O)C([2H])C([2H])([2H])CC. The minimum atomic E-state index is -1.64. The molecule has 2 heteroatoms. The van der Waals surface area contributed by atoms with Gasteiger partial charge in [-0.1, -0.05) is 44.0 Å². The third kappa shape index (κ3) is 12.9. The van der Waals surface area contributed by atoms with Gasteiger partial charge in [0.2, 0.25) is 0 Å². The number of allylic oxidation sites excluding steroid dienone is 4. The highest BCUT2D eigenvalue weighted by molar-refractivity contribution is 5.66. The minimum Gasteiger partial charge on any atom is -0.481 e. The number of hydrogen-bond acceptors (Lipinski definition) is 1. The van der Waals surface area contributed by atoms with E-state index in [1.54, 1.807) is 19.1 Å². The van der Waals surface area contributed by atoms with Crippen LogP contribution in [-0.2, 0) is 4.79 Å². The molecule has 0 spiro atoms. The maximum absolute atomic E-state index is 10.3. The smallest absolute Gasteiger partial charge is 0.303 e. The lowest BCUT2D eigenvalue weighted by atomic mass is 10.2. The molecule has 2 nitrogen and oxygen atoms in total. The molecule has 92 valence electrons. The third-order valence-corrected chi connectivity index (χ3v) is 1.87. The van der Waals surface area contributed by atoms with Gasteiger partial charge in [-0.25, -0.2) is 0 Å². The Balaban J connectivity index is 3.95. The molecule has 0 rings (SSSR count). The molecule has 0 saturated carbocycles. The summed E-state index contributed by atoms with van der Waals surface area (Å²) in [6, 6.07) is 0. The van der Waals surface area contributed by atoms with Crippen molar-refractivity contribution >= 4 is 5.97 Å². The Labute approximate surface area is 105 Å². The summed E-state index contributed by atoms with van der Waals surface area (Å²) in [5.74, 6) is -0.790. The second-order valence-electron chi connectivity index (χ2n) is 3.34. The van der Waals surface area contributed by atoms with E-state index < -0.39 is 25.1 Å². The van der Waals surface area contributed by atoms with E-state index in [4.69, 9.17) is 10.6 Å². The second-order valence-corrected chi connectivity index (χ2v) is 3.34. The average Bonchev–Trinajstić information content (AvgIpc) is 2.40. The standard InChI is InChI=1S/C14H24O2/c1-2-3-4-5-6-7-8-9-10-11-12-13-14(15)16/h6-7,9-10H,2-5,8,11-13H2,1H3,(H,15,16)/b7-6-,10-9-/i3D2,4D,5D. The van der Waals surface area contributed by atoms with Crippen LogP contribution in [0.2, 0.25) is 0 Å². The third-order valence-electron chi connectivity index (χ3n) is 1.87. The molecule has 0 aliphatic carbocycles. The topological polar surface area (TPSA) is 37.3 Å². The fourth-order valence-corrected chi connectivity index (χ4v) is 1.06.